The van der Waals surface area contributed by atoms with E-state index in [-0.39, 0.29) is 11.0 Å². The molecule has 0 aromatic heterocycles. The molecular weight excluding hydrogens is 360 g/mol. The predicted octanol–water partition coefficient (Wildman–Crippen LogP) is 5.13. The molecule has 1 aromatic carbocycles. The van der Waals surface area contributed by atoms with E-state index in [1.54, 1.807) is 13.8 Å². The minimum absolute atomic E-state index is 0.228. The second kappa shape index (κ2) is 10.4. The molecule has 0 bridgehead atoms. The second-order valence-corrected chi connectivity index (χ2v) is 10.9. The number of aromatic hydroxyl groups is 1. The molecule has 1 N–H and O–H groups in total. The number of aryl methyl sites for hydroxylation is 1. The molecule has 1 fully saturated rings. The van der Waals surface area contributed by atoms with E-state index in [1.807, 2.05) is 18.2 Å². The van der Waals surface area contributed by atoms with Crippen LogP contribution in [-0.2, 0) is 16.3 Å². The van der Waals surface area contributed by atoms with E-state index >= 15 is 0 Å². The van der Waals surface area contributed by atoms with Crippen LogP contribution in [0.2, 0.25) is 0 Å². The fraction of sp³-hybridized carbons (Fsp3) is 0.727. The van der Waals surface area contributed by atoms with Crippen molar-refractivity contribution in [3.63, 3.8) is 0 Å². The Bertz CT molecular complexity index is 674. The van der Waals surface area contributed by atoms with Crippen molar-refractivity contribution in [1.82, 2.24) is 0 Å². The monoisotopic (exact) mass is 396 g/mol. The summed E-state index contributed by atoms with van der Waals surface area (Å²) in [4.78, 5) is 0. The molecule has 5 heteroatoms. The van der Waals surface area contributed by atoms with Gasteiger partial charge in [-0.25, -0.2) is 8.42 Å². The molecule has 4 nitrogen and oxygen atoms in total. The van der Waals surface area contributed by atoms with Crippen molar-refractivity contribution < 1.29 is 18.3 Å². The highest BCUT2D eigenvalue weighted by molar-refractivity contribution is 7.91. The Kier molecular flexibility index (Phi) is 8.46. The van der Waals surface area contributed by atoms with Crippen LogP contribution in [0.5, 0.6) is 11.5 Å². The van der Waals surface area contributed by atoms with E-state index < -0.39 is 9.84 Å². The smallest absolute Gasteiger partial charge is 0.160 e. The zero-order chi connectivity index (χ0) is 19.9. The van der Waals surface area contributed by atoms with Gasteiger partial charge >= 0.3 is 0 Å². The first-order valence-corrected chi connectivity index (χ1v) is 12.2. The van der Waals surface area contributed by atoms with Crippen LogP contribution in [0.1, 0.15) is 71.3 Å². The van der Waals surface area contributed by atoms with Crippen molar-refractivity contribution in [3.8, 4) is 11.5 Å². The Morgan fingerprint density at radius 2 is 1.81 bits per heavy atom. The Morgan fingerprint density at radius 1 is 1.15 bits per heavy atom. The van der Waals surface area contributed by atoms with Gasteiger partial charge < -0.3 is 9.84 Å². The average molecular weight is 397 g/mol. The summed E-state index contributed by atoms with van der Waals surface area (Å²) in [6, 6.07) is 5.73. The number of benzene rings is 1. The number of hydrogen-bond donors (Lipinski definition) is 1. The first-order chi connectivity index (χ1) is 12.8. The summed E-state index contributed by atoms with van der Waals surface area (Å²) < 4.78 is 29.8. The lowest BCUT2D eigenvalue weighted by atomic mass is 9.80. The molecule has 27 heavy (non-hydrogen) atoms. The van der Waals surface area contributed by atoms with E-state index in [9.17, 15) is 13.5 Å². The van der Waals surface area contributed by atoms with Crippen LogP contribution in [-0.4, -0.2) is 31.1 Å². The summed E-state index contributed by atoms with van der Waals surface area (Å²) in [6.45, 7) is 6.30. The van der Waals surface area contributed by atoms with Crippen LogP contribution >= 0.6 is 0 Å². The van der Waals surface area contributed by atoms with Crippen LogP contribution in [0, 0.1) is 11.8 Å². The Labute approximate surface area is 165 Å². The molecule has 0 heterocycles. The molecule has 154 valence electrons. The summed E-state index contributed by atoms with van der Waals surface area (Å²) in [6.07, 6.45) is 8.37. The van der Waals surface area contributed by atoms with E-state index in [4.69, 9.17) is 4.74 Å². The molecule has 0 radical (unpaired) electrons. The van der Waals surface area contributed by atoms with Crippen molar-refractivity contribution in [2.75, 3.05) is 12.4 Å². The second-order valence-electron chi connectivity index (χ2n) is 8.31. The van der Waals surface area contributed by atoms with Crippen molar-refractivity contribution in [3.05, 3.63) is 23.8 Å². The van der Waals surface area contributed by atoms with Gasteiger partial charge in [0.15, 0.2) is 21.3 Å². The van der Waals surface area contributed by atoms with Gasteiger partial charge in [0.1, 0.15) is 0 Å². The molecule has 1 saturated carbocycles. The third kappa shape index (κ3) is 7.02. The highest BCUT2D eigenvalue weighted by atomic mass is 32.2. The summed E-state index contributed by atoms with van der Waals surface area (Å²) in [5.74, 6) is 2.14. The third-order valence-corrected chi connectivity index (χ3v) is 8.15. The normalized spacial score (nSPS) is 20.7. The minimum Gasteiger partial charge on any atom is -0.504 e. The van der Waals surface area contributed by atoms with Gasteiger partial charge in [-0.15, -0.1) is 0 Å². The number of phenolic OH excluding ortho intramolecular Hbond substituents is 1. The molecule has 0 saturated heterocycles. The molecule has 0 aliphatic heterocycles. The molecular formula is C22H36O4S. The number of rotatable bonds is 10. The van der Waals surface area contributed by atoms with E-state index in [0.717, 1.165) is 56.9 Å². The topological polar surface area (TPSA) is 63.6 Å². The summed E-state index contributed by atoms with van der Waals surface area (Å²) in [5.41, 5.74) is 1.14. The zero-order valence-electron chi connectivity index (χ0n) is 17.1. The van der Waals surface area contributed by atoms with Crippen LogP contribution in [0.3, 0.4) is 0 Å². The van der Waals surface area contributed by atoms with Gasteiger partial charge in [-0.1, -0.05) is 32.3 Å². The molecule has 1 aliphatic rings. The predicted molar refractivity (Wildman–Crippen MR) is 111 cm³/mol. The Hall–Kier alpha value is -1.23. The van der Waals surface area contributed by atoms with Crippen LogP contribution in [0.15, 0.2) is 18.2 Å². The maximum atomic E-state index is 12.1. The minimum atomic E-state index is -2.93. The summed E-state index contributed by atoms with van der Waals surface area (Å²) in [7, 11) is -2.93. The van der Waals surface area contributed by atoms with Crippen LogP contribution < -0.4 is 4.74 Å². The van der Waals surface area contributed by atoms with Gasteiger partial charge in [0.25, 0.3) is 0 Å². The fourth-order valence-electron chi connectivity index (χ4n) is 3.75. The molecule has 1 aliphatic carbocycles. The molecule has 2 rings (SSSR count). The van der Waals surface area contributed by atoms with Gasteiger partial charge in [-0.05, 0) is 75.5 Å². The van der Waals surface area contributed by atoms with E-state index in [1.165, 1.54) is 0 Å². The summed E-state index contributed by atoms with van der Waals surface area (Å²) >= 11 is 0. The number of unbranched alkanes of at least 4 members (excludes halogenated alkanes) is 1. The van der Waals surface area contributed by atoms with Crippen molar-refractivity contribution >= 4 is 9.84 Å². The molecule has 1 aromatic rings. The maximum Gasteiger partial charge on any atom is 0.160 e. The highest BCUT2D eigenvalue weighted by Gasteiger charge is 2.27. The fourth-order valence-corrected chi connectivity index (χ4v) is 5.12. The van der Waals surface area contributed by atoms with Gasteiger partial charge in [-0.2, -0.15) is 0 Å². The highest BCUT2D eigenvalue weighted by Crippen LogP contribution is 2.34. The molecule has 0 atom stereocenters. The first kappa shape index (κ1) is 22.1. The van der Waals surface area contributed by atoms with Gasteiger partial charge in [-0.3, -0.25) is 0 Å². The summed E-state index contributed by atoms with van der Waals surface area (Å²) in [5, 5.41) is 9.87. The zero-order valence-corrected chi connectivity index (χ0v) is 17.9. The lowest BCUT2D eigenvalue weighted by Crippen LogP contribution is -2.26. The SMILES string of the molecule is CCCCOc1ccc(CCC2CCC(CS(=O)(=O)C(C)C)CC2)cc1O. The molecule has 0 unspecified atom stereocenters. The Morgan fingerprint density at radius 3 is 2.41 bits per heavy atom. The lowest BCUT2D eigenvalue weighted by Gasteiger charge is -2.28. The van der Waals surface area contributed by atoms with Crippen LogP contribution in [0.25, 0.3) is 0 Å². The van der Waals surface area contributed by atoms with E-state index in [2.05, 4.69) is 6.92 Å². The van der Waals surface area contributed by atoms with Crippen molar-refractivity contribution in [1.29, 1.82) is 0 Å². The maximum absolute atomic E-state index is 12.1. The van der Waals surface area contributed by atoms with Crippen LogP contribution in [0.4, 0.5) is 0 Å². The largest absolute Gasteiger partial charge is 0.504 e. The standard InChI is InChI=1S/C22H36O4S/c1-4-5-14-26-22-13-12-19(15-21(22)23)9-6-18-7-10-20(11-8-18)16-27(24,25)17(2)3/h12-13,15,17-18,20,23H,4-11,14,16H2,1-3H3. The Balaban J connectivity index is 1.76. The number of ether oxygens (including phenoxy) is 1. The first-order valence-electron chi connectivity index (χ1n) is 10.5. The van der Waals surface area contributed by atoms with Gasteiger partial charge in [0.05, 0.1) is 17.6 Å². The van der Waals surface area contributed by atoms with Gasteiger partial charge in [0.2, 0.25) is 0 Å². The van der Waals surface area contributed by atoms with Crippen molar-refractivity contribution in [2.24, 2.45) is 11.8 Å². The van der Waals surface area contributed by atoms with E-state index in [0.29, 0.717) is 29.9 Å². The average Bonchev–Trinajstić information content (AvgIpc) is 2.62. The lowest BCUT2D eigenvalue weighted by molar-refractivity contribution is 0.278. The quantitative estimate of drug-likeness (QED) is 0.557. The van der Waals surface area contributed by atoms with Gasteiger partial charge in [0, 0.05) is 0 Å². The number of phenols is 1. The molecule has 0 spiro atoms. The number of sulfone groups is 1. The van der Waals surface area contributed by atoms with Crippen molar-refractivity contribution in [2.45, 2.75) is 77.4 Å². The number of hydrogen-bond acceptors (Lipinski definition) is 4. The molecule has 0 amide bonds. The third-order valence-electron chi connectivity index (χ3n) is 5.77.